The average Bonchev–Trinajstić information content (AvgIpc) is 2.86. The Labute approximate surface area is 156 Å². The molecule has 0 aliphatic heterocycles. The third-order valence-corrected chi connectivity index (χ3v) is 8.36. The number of ether oxygens (including phenoxy) is 1. The summed E-state index contributed by atoms with van der Waals surface area (Å²) >= 11 is 0. The Kier molecular flexibility index (Phi) is 3.88. The molecule has 0 aromatic heterocycles. The fraction of sp³-hybridized carbons (Fsp3) is 0.652. The van der Waals surface area contributed by atoms with Crippen molar-refractivity contribution in [1.82, 2.24) is 0 Å². The lowest BCUT2D eigenvalue weighted by molar-refractivity contribution is -0.166. The zero-order valence-corrected chi connectivity index (χ0v) is 16.3. The Hall–Kier alpha value is -1.64. The van der Waals surface area contributed by atoms with Crippen LogP contribution < -0.4 is 0 Å². The number of allylic oxidation sites excluding steroid dienone is 4. The lowest BCUT2D eigenvalue weighted by atomic mass is 9.51. The third-order valence-electron chi connectivity index (χ3n) is 8.36. The van der Waals surface area contributed by atoms with E-state index < -0.39 is 5.60 Å². The molecule has 0 aromatic carbocycles. The van der Waals surface area contributed by atoms with Crippen LogP contribution in [-0.4, -0.2) is 17.4 Å². The molecule has 0 spiro atoms. The first kappa shape index (κ1) is 17.8. The van der Waals surface area contributed by atoms with E-state index in [1.807, 2.05) is 6.08 Å². The highest BCUT2D eigenvalue weighted by Crippen LogP contribution is 2.66. The topological polar surface area (TPSA) is 43.4 Å². The van der Waals surface area contributed by atoms with Crippen molar-refractivity contribution in [2.24, 2.45) is 22.7 Å². The SMILES string of the molecule is C=CC(=O)O[C@@]1(C)CCC2C3CCC4=CC(=O)CCC4(C)C3=CCC21C. The van der Waals surface area contributed by atoms with E-state index in [0.29, 0.717) is 24.0 Å². The van der Waals surface area contributed by atoms with Gasteiger partial charge in [0.15, 0.2) is 5.78 Å². The molecule has 0 bridgehead atoms. The Morgan fingerprint density at radius 3 is 2.73 bits per heavy atom. The summed E-state index contributed by atoms with van der Waals surface area (Å²) in [6.07, 6.45) is 12.4. The van der Waals surface area contributed by atoms with Crippen LogP contribution in [-0.2, 0) is 14.3 Å². The van der Waals surface area contributed by atoms with Crippen molar-refractivity contribution in [1.29, 1.82) is 0 Å². The molecule has 140 valence electrons. The van der Waals surface area contributed by atoms with E-state index in [1.54, 1.807) is 5.57 Å². The van der Waals surface area contributed by atoms with Crippen molar-refractivity contribution in [3.63, 3.8) is 0 Å². The molecule has 4 rings (SSSR count). The second kappa shape index (κ2) is 5.68. The number of carbonyl (C=O) groups excluding carboxylic acids is 2. The summed E-state index contributed by atoms with van der Waals surface area (Å²) < 4.78 is 5.90. The molecule has 0 aromatic rings. The van der Waals surface area contributed by atoms with Gasteiger partial charge in [-0.25, -0.2) is 4.79 Å². The minimum atomic E-state index is -0.426. The van der Waals surface area contributed by atoms with E-state index in [0.717, 1.165) is 38.5 Å². The maximum atomic E-state index is 11.9. The van der Waals surface area contributed by atoms with Crippen LogP contribution in [0, 0.1) is 22.7 Å². The van der Waals surface area contributed by atoms with Crippen molar-refractivity contribution in [2.75, 3.05) is 0 Å². The first-order valence-corrected chi connectivity index (χ1v) is 10.0. The van der Waals surface area contributed by atoms with Gasteiger partial charge in [-0.05, 0) is 63.4 Å². The summed E-state index contributed by atoms with van der Waals surface area (Å²) in [5.41, 5.74) is 2.52. The van der Waals surface area contributed by atoms with Crippen LogP contribution >= 0.6 is 0 Å². The Bertz CT molecular complexity index is 745. The van der Waals surface area contributed by atoms with Crippen molar-refractivity contribution in [3.8, 4) is 0 Å². The molecule has 3 heteroatoms. The van der Waals surface area contributed by atoms with Gasteiger partial charge in [0.25, 0.3) is 0 Å². The largest absolute Gasteiger partial charge is 0.456 e. The molecule has 4 aliphatic carbocycles. The molecule has 4 unspecified atom stereocenters. The molecule has 0 radical (unpaired) electrons. The first-order chi connectivity index (χ1) is 12.2. The summed E-state index contributed by atoms with van der Waals surface area (Å²) in [6.45, 7) is 10.3. The quantitative estimate of drug-likeness (QED) is 0.401. The summed E-state index contributed by atoms with van der Waals surface area (Å²) in [7, 11) is 0. The molecular formula is C23H30O3. The number of hydrogen-bond acceptors (Lipinski definition) is 3. The lowest BCUT2D eigenvalue weighted by Gasteiger charge is -2.54. The van der Waals surface area contributed by atoms with Crippen LogP contribution in [0.1, 0.15) is 65.7 Å². The van der Waals surface area contributed by atoms with Crippen molar-refractivity contribution in [3.05, 3.63) is 36.0 Å². The van der Waals surface area contributed by atoms with Crippen LogP contribution in [0.15, 0.2) is 36.0 Å². The molecule has 4 aliphatic rings. The predicted octanol–water partition coefficient (Wildman–Crippen LogP) is 4.93. The molecule has 2 fully saturated rings. The highest BCUT2D eigenvalue weighted by Gasteiger charge is 2.62. The summed E-state index contributed by atoms with van der Waals surface area (Å²) in [6, 6.07) is 0. The molecule has 26 heavy (non-hydrogen) atoms. The van der Waals surface area contributed by atoms with E-state index in [9.17, 15) is 9.59 Å². The fourth-order valence-corrected chi connectivity index (χ4v) is 6.50. The standard InChI is InChI=1S/C23H30O3/c1-5-20(25)26-23(4)13-10-19-17-7-6-15-14-16(24)8-11-21(15,2)18(17)9-12-22(19,23)3/h5,9,14,17,19H,1,6-8,10-13H2,2-4H3/t17?,19?,21?,22?,23-/m0/s1. The van der Waals surface area contributed by atoms with Gasteiger partial charge in [-0.2, -0.15) is 0 Å². The number of fused-ring (bicyclic) bond motifs is 5. The zero-order valence-electron chi connectivity index (χ0n) is 16.3. The average molecular weight is 354 g/mol. The van der Waals surface area contributed by atoms with Crippen LogP contribution in [0.25, 0.3) is 0 Å². The minimum Gasteiger partial charge on any atom is -0.456 e. The van der Waals surface area contributed by atoms with Crippen molar-refractivity contribution in [2.45, 2.75) is 71.3 Å². The van der Waals surface area contributed by atoms with E-state index in [2.05, 4.69) is 33.4 Å². The smallest absolute Gasteiger partial charge is 0.330 e. The van der Waals surface area contributed by atoms with Crippen molar-refractivity contribution < 1.29 is 14.3 Å². The van der Waals surface area contributed by atoms with E-state index in [4.69, 9.17) is 4.74 Å². The highest BCUT2D eigenvalue weighted by molar-refractivity contribution is 5.92. The Morgan fingerprint density at radius 2 is 2.00 bits per heavy atom. The second-order valence-corrected chi connectivity index (χ2v) is 9.40. The van der Waals surface area contributed by atoms with Gasteiger partial charge in [-0.1, -0.05) is 37.6 Å². The first-order valence-electron chi connectivity index (χ1n) is 10.0. The molecular weight excluding hydrogens is 324 g/mol. The van der Waals surface area contributed by atoms with Gasteiger partial charge in [-0.15, -0.1) is 0 Å². The van der Waals surface area contributed by atoms with Gasteiger partial charge in [0.2, 0.25) is 0 Å². The van der Waals surface area contributed by atoms with Gasteiger partial charge >= 0.3 is 5.97 Å². The van der Waals surface area contributed by atoms with Gasteiger partial charge in [0, 0.05) is 23.3 Å². The second-order valence-electron chi connectivity index (χ2n) is 9.40. The maximum absolute atomic E-state index is 11.9. The monoisotopic (exact) mass is 354 g/mol. The predicted molar refractivity (Wildman–Crippen MR) is 101 cm³/mol. The van der Waals surface area contributed by atoms with Crippen LogP contribution in [0.3, 0.4) is 0 Å². The number of hydrogen-bond donors (Lipinski definition) is 0. The Balaban J connectivity index is 1.71. The van der Waals surface area contributed by atoms with E-state index in [-0.39, 0.29) is 16.8 Å². The number of ketones is 1. The number of carbonyl (C=O) groups is 2. The summed E-state index contributed by atoms with van der Waals surface area (Å²) in [4.78, 5) is 23.9. The zero-order chi connectivity index (χ0) is 18.7. The molecule has 0 heterocycles. The maximum Gasteiger partial charge on any atom is 0.330 e. The number of rotatable bonds is 2. The van der Waals surface area contributed by atoms with Crippen LogP contribution in [0.4, 0.5) is 0 Å². The van der Waals surface area contributed by atoms with Gasteiger partial charge in [-0.3, -0.25) is 4.79 Å². The van der Waals surface area contributed by atoms with Crippen LogP contribution in [0.2, 0.25) is 0 Å². The third kappa shape index (κ3) is 2.25. The summed E-state index contributed by atoms with van der Waals surface area (Å²) in [5, 5.41) is 0. The van der Waals surface area contributed by atoms with Gasteiger partial charge in [0.05, 0.1) is 0 Å². The molecule has 5 atom stereocenters. The lowest BCUT2D eigenvalue weighted by Crippen LogP contribution is -2.51. The molecule has 3 nitrogen and oxygen atoms in total. The van der Waals surface area contributed by atoms with E-state index >= 15 is 0 Å². The summed E-state index contributed by atoms with van der Waals surface area (Å²) in [5.74, 6) is 1.08. The molecule has 0 amide bonds. The molecule has 2 saturated carbocycles. The van der Waals surface area contributed by atoms with Crippen LogP contribution in [0.5, 0.6) is 0 Å². The minimum absolute atomic E-state index is 0.0259. The van der Waals surface area contributed by atoms with Gasteiger partial charge < -0.3 is 4.74 Å². The fourth-order valence-electron chi connectivity index (χ4n) is 6.50. The van der Waals surface area contributed by atoms with E-state index in [1.165, 1.54) is 11.6 Å². The molecule has 0 N–H and O–H groups in total. The normalized spacial score (nSPS) is 44.2. The van der Waals surface area contributed by atoms with Gasteiger partial charge in [0.1, 0.15) is 5.60 Å². The Morgan fingerprint density at radius 1 is 1.23 bits per heavy atom. The highest BCUT2D eigenvalue weighted by atomic mass is 16.6. The number of esters is 1. The van der Waals surface area contributed by atoms with Crippen molar-refractivity contribution >= 4 is 11.8 Å². The molecule has 0 saturated heterocycles.